The van der Waals surface area contributed by atoms with Crippen LogP contribution in [0.2, 0.25) is 10.0 Å². The lowest BCUT2D eigenvalue weighted by Crippen LogP contribution is -2.41. The Bertz CT molecular complexity index is 1100. The summed E-state index contributed by atoms with van der Waals surface area (Å²) in [6.45, 7) is 1.78. The lowest BCUT2D eigenvalue weighted by molar-refractivity contribution is -0.124. The number of hydrogen-bond acceptors (Lipinski definition) is 5. The zero-order valence-electron chi connectivity index (χ0n) is 17.0. The van der Waals surface area contributed by atoms with Crippen molar-refractivity contribution >= 4 is 64.0 Å². The molecule has 2 aromatic rings. The number of nitrogens with zero attached hydrogens (tertiary/aromatic N) is 1. The fraction of sp³-hybridized carbons (Fsp3) is 0.182. The van der Waals surface area contributed by atoms with Crippen LogP contribution < -0.4 is 10.6 Å². The molecule has 1 aliphatic heterocycles. The third-order valence-electron chi connectivity index (χ3n) is 4.50. The van der Waals surface area contributed by atoms with Crippen LogP contribution in [-0.2, 0) is 9.59 Å². The molecule has 0 unspecified atom stereocenters. The fourth-order valence-electron chi connectivity index (χ4n) is 2.78. The number of nitrogens with one attached hydrogen (secondary N) is 2. The van der Waals surface area contributed by atoms with Crippen molar-refractivity contribution in [3.8, 4) is 0 Å². The molecule has 0 spiro atoms. The summed E-state index contributed by atoms with van der Waals surface area (Å²) in [5.74, 6) is -1.24. The van der Waals surface area contributed by atoms with Gasteiger partial charge < -0.3 is 10.6 Å². The average Bonchev–Trinajstić information content (AvgIpc) is 3.02. The molecule has 7 nitrogen and oxygen atoms in total. The Kier molecular flexibility index (Phi) is 7.95. The first-order chi connectivity index (χ1) is 15.2. The predicted molar refractivity (Wildman–Crippen MR) is 126 cm³/mol. The van der Waals surface area contributed by atoms with Crippen LogP contribution in [-0.4, -0.2) is 47.5 Å². The second-order valence-electron chi connectivity index (χ2n) is 6.91. The number of benzene rings is 2. The van der Waals surface area contributed by atoms with Crippen LogP contribution in [0.15, 0.2) is 47.4 Å². The van der Waals surface area contributed by atoms with Crippen LogP contribution in [0.1, 0.15) is 21.5 Å². The molecule has 32 heavy (non-hydrogen) atoms. The molecule has 0 aliphatic carbocycles. The number of imide groups is 1. The largest absolute Gasteiger partial charge is 0.353 e. The van der Waals surface area contributed by atoms with Gasteiger partial charge in [-0.15, -0.1) is 0 Å². The Morgan fingerprint density at radius 3 is 2.44 bits per heavy atom. The number of carbonyl (C=O) groups excluding carboxylic acids is 4. The molecule has 1 heterocycles. The van der Waals surface area contributed by atoms with E-state index in [1.807, 2.05) is 6.92 Å². The fourth-order valence-corrected chi connectivity index (χ4v) is 3.96. The number of hydrogen-bond donors (Lipinski definition) is 2. The van der Waals surface area contributed by atoms with Gasteiger partial charge in [-0.25, -0.2) is 0 Å². The van der Waals surface area contributed by atoms with Crippen LogP contribution in [0.3, 0.4) is 0 Å². The number of carbonyl (C=O) groups is 4. The van der Waals surface area contributed by atoms with Gasteiger partial charge in [0.1, 0.15) is 0 Å². The topological polar surface area (TPSA) is 95.6 Å². The Balaban J connectivity index is 1.47. The molecule has 2 N–H and O–H groups in total. The third-order valence-corrected chi connectivity index (χ3v) is 6.14. The second kappa shape index (κ2) is 10.7. The van der Waals surface area contributed by atoms with E-state index in [1.54, 1.807) is 48.5 Å². The zero-order valence-corrected chi connectivity index (χ0v) is 19.3. The van der Waals surface area contributed by atoms with Crippen molar-refractivity contribution in [3.63, 3.8) is 0 Å². The van der Waals surface area contributed by atoms with Crippen molar-refractivity contribution in [2.45, 2.75) is 6.92 Å². The van der Waals surface area contributed by atoms with Gasteiger partial charge in [-0.1, -0.05) is 47.0 Å². The lowest BCUT2D eigenvalue weighted by Gasteiger charge is -2.13. The minimum atomic E-state index is -0.451. The first kappa shape index (κ1) is 23.8. The molecule has 0 radical (unpaired) electrons. The van der Waals surface area contributed by atoms with Gasteiger partial charge in [0.05, 0.1) is 21.5 Å². The molecule has 3 rings (SSSR count). The molecule has 2 aromatic carbocycles. The molecule has 4 amide bonds. The summed E-state index contributed by atoms with van der Waals surface area (Å²) >= 11 is 12.7. The summed E-state index contributed by atoms with van der Waals surface area (Å²) in [5.41, 5.74) is 2.12. The van der Waals surface area contributed by atoms with Gasteiger partial charge in [-0.05, 0) is 54.6 Å². The van der Waals surface area contributed by atoms with E-state index in [-0.39, 0.29) is 30.4 Å². The Hall–Kier alpha value is -2.81. The summed E-state index contributed by atoms with van der Waals surface area (Å²) in [4.78, 5) is 50.1. The number of amides is 4. The minimum Gasteiger partial charge on any atom is -0.353 e. The van der Waals surface area contributed by atoms with Gasteiger partial charge in [0, 0.05) is 18.7 Å². The second-order valence-corrected chi connectivity index (χ2v) is 8.71. The predicted octanol–water partition coefficient (Wildman–Crippen LogP) is 3.88. The zero-order chi connectivity index (χ0) is 23.3. The summed E-state index contributed by atoms with van der Waals surface area (Å²) in [5, 5.41) is 5.42. The van der Waals surface area contributed by atoms with Crippen LogP contribution in [0.5, 0.6) is 0 Å². The average molecular weight is 492 g/mol. The standard InChI is InChI=1S/C22H19Cl2N3O4S/c1-13-2-5-15(6-3-13)20(29)26-12-19(28)25-8-9-27-21(30)18(32-22(27)31)11-14-4-7-16(23)17(24)10-14/h2-7,10-11H,8-9,12H2,1H3,(H,25,28)(H,26,29). The molecule has 1 saturated heterocycles. The van der Waals surface area contributed by atoms with E-state index >= 15 is 0 Å². The molecule has 0 saturated carbocycles. The maximum Gasteiger partial charge on any atom is 0.293 e. The van der Waals surface area contributed by atoms with Crippen molar-refractivity contribution in [1.29, 1.82) is 0 Å². The van der Waals surface area contributed by atoms with E-state index in [0.717, 1.165) is 22.2 Å². The molecule has 10 heteroatoms. The smallest absolute Gasteiger partial charge is 0.293 e. The van der Waals surface area contributed by atoms with E-state index in [9.17, 15) is 19.2 Å². The van der Waals surface area contributed by atoms with Gasteiger partial charge >= 0.3 is 0 Å². The Morgan fingerprint density at radius 1 is 1.03 bits per heavy atom. The summed E-state index contributed by atoms with van der Waals surface area (Å²) in [6.07, 6.45) is 1.56. The van der Waals surface area contributed by atoms with E-state index in [1.165, 1.54) is 0 Å². The van der Waals surface area contributed by atoms with Gasteiger partial charge in [-0.2, -0.15) is 0 Å². The van der Waals surface area contributed by atoms with Crippen molar-refractivity contribution in [3.05, 3.63) is 74.1 Å². The maximum absolute atomic E-state index is 12.5. The number of halogens is 2. The summed E-state index contributed by atoms with van der Waals surface area (Å²) in [6, 6.07) is 11.9. The number of thioether (sulfide) groups is 1. The van der Waals surface area contributed by atoms with Gasteiger partial charge in [0.15, 0.2) is 0 Å². The molecular weight excluding hydrogens is 473 g/mol. The minimum absolute atomic E-state index is 0.0149. The molecule has 0 atom stereocenters. The van der Waals surface area contributed by atoms with E-state index < -0.39 is 17.1 Å². The van der Waals surface area contributed by atoms with Crippen LogP contribution >= 0.6 is 35.0 Å². The van der Waals surface area contributed by atoms with Crippen LogP contribution in [0.25, 0.3) is 6.08 Å². The van der Waals surface area contributed by atoms with Crippen molar-refractivity contribution in [2.75, 3.05) is 19.6 Å². The third kappa shape index (κ3) is 6.12. The van der Waals surface area contributed by atoms with Gasteiger partial charge in [-0.3, -0.25) is 24.1 Å². The highest BCUT2D eigenvalue weighted by Crippen LogP contribution is 2.33. The molecule has 166 valence electrons. The normalized spacial score (nSPS) is 14.7. The molecule has 1 aliphatic rings. The lowest BCUT2D eigenvalue weighted by atomic mass is 10.1. The molecule has 0 bridgehead atoms. The monoisotopic (exact) mass is 491 g/mol. The van der Waals surface area contributed by atoms with Crippen molar-refractivity contribution < 1.29 is 19.2 Å². The SMILES string of the molecule is Cc1ccc(C(=O)NCC(=O)NCCN2C(=O)SC(=Cc3ccc(Cl)c(Cl)c3)C2=O)cc1. The molecule has 1 fully saturated rings. The number of aryl methyl sites for hydroxylation is 1. The quantitative estimate of drug-likeness (QED) is 0.572. The van der Waals surface area contributed by atoms with Crippen molar-refractivity contribution in [2.24, 2.45) is 0 Å². The highest BCUT2D eigenvalue weighted by Gasteiger charge is 2.34. The van der Waals surface area contributed by atoms with E-state index in [2.05, 4.69) is 10.6 Å². The Labute approximate surface area is 199 Å². The van der Waals surface area contributed by atoms with E-state index in [0.29, 0.717) is 21.2 Å². The Morgan fingerprint density at radius 2 is 1.75 bits per heavy atom. The van der Waals surface area contributed by atoms with Crippen LogP contribution in [0, 0.1) is 6.92 Å². The first-order valence-corrected chi connectivity index (χ1v) is 11.1. The van der Waals surface area contributed by atoms with Crippen LogP contribution in [0.4, 0.5) is 4.79 Å². The van der Waals surface area contributed by atoms with Gasteiger partial charge in [0.25, 0.3) is 17.1 Å². The summed E-state index contributed by atoms with van der Waals surface area (Å²) in [7, 11) is 0. The molecule has 0 aromatic heterocycles. The maximum atomic E-state index is 12.5. The van der Waals surface area contributed by atoms with Crippen molar-refractivity contribution in [1.82, 2.24) is 15.5 Å². The van der Waals surface area contributed by atoms with Gasteiger partial charge in [0.2, 0.25) is 5.91 Å². The first-order valence-electron chi connectivity index (χ1n) is 9.56. The number of rotatable bonds is 7. The molecular formula is C22H19Cl2N3O4S. The van der Waals surface area contributed by atoms with E-state index in [4.69, 9.17) is 23.2 Å². The highest BCUT2D eigenvalue weighted by molar-refractivity contribution is 8.18. The highest BCUT2D eigenvalue weighted by atomic mass is 35.5. The summed E-state index contributed by atoms with van der Waals surface area (Å²) < 4.78 is 0.